The van der Waals surface area contributed by atoms with E-state index in [1.807, 2.05) is 42.5 Å². The highest BCUT2D eigenvalue weighted by Crippen LogP contribution is 2.26. The number of fused-ring (bicyclic) bond motifs is 1. The van der Waals surface area contributed by atoms with Gasteiger partial charge in [0.05, 0.1) is 5.52 Å². The number of amides is 1. The lowest BCUT2D eigenvalue weighted by atomic mass is 10.2. The maximum absolute atomic E-state index is 12.3. The number of nitrogens with one attached hydrogen (secondary N) is 2. The molecule has 0 aliphatic carbocycles. The Morgan fingerprint density at radius 1 is 1.03 bits per heavy atom. The van der Waals surface area contributed by atoms with E-state index in [9.17, 15) is 4.79 Å². The van der Waals surface area contributed by atoms with Crippen molar-refractivity contribution in [2.24, 2.45) is 0 Å². The van der Waals surface area contributed by atoms with Crippen molar-refractivity contribution in [3.8, 4) is 11.5 Å². The van der Waals surface area contributed by atoms with Gasteiger partial charge in [0.2, 0.25) is 5.95 Å². The molecular formula is C24H22BrN5O3. The van der Waals surface area contributed by atoms with Gasteiger partial charge in [-0.15, -0.1) is 0 Å². The number of anilines is 2. The van der Waals surface area contributed by atoms with Crippen LogP contribution < -0.4 is 15.4 Å². The molecule has 0 saturated carbocycles. The standard InChI is InChI=1S/C24H22BrN5O3/c1-32-12-2-10-27-23(31)22-14-20(9-11-26-22)33-19-7-8-21-16(13-19)15-28-24(30-21)29-18-5-3-17(25)4-6-18/h3-9,11,13-15H,2,10,12H2,1H3,(H,27,31)(H,28,29,30). The second kappa shape index (κ2) is 10.8. The number of carbonyl (C=O) groups is 1. The van der Waals surface area contributed by atoms with E-state index in [2.05, 4.69) is 41.5 Å². The summed E-state index contributed by atoms with van der Waals surface area (Å²) in [7, 11) is 1.63. The van der Waals surface area contributed by atoms with E-state index < -0.39 is 0 Å². The third-order valence-electron chi connectivity index (χ3n) is 4.66. The van der Waals surface area contributed by atoms with Gasteiger partial charge in [0, 0.05) is 54.3 Å². The first-order valence-corrected chi connectivity index (χ1v) is 11.1. The minimum Gasteiger partial charge on any atom is -0.457 e. The molecule has 0 fully saturated rings. The molecule has 2 aromatic carbocycles. The van der Waals surface area contributed by atoms with Crippen LogP contribution in [0.4, 0.5) is 11.6 Å². The molecule has 168 valence electrons. The topological polar surface area (TPSA) is 98.3 Å². The summed E-state index contributed by atoms with van der Waals surface area (Å²) in [5.41, 5.74) is 1.97. The van der Waals surface area contributed by atoms with Crippen molar-refractivity contribution in [1.29, 1.82) is 0 Å². The molecule has 9 heteroatoms. The molecule has 2 aromatic heterocycles. The van der Waals surface area contributed by atoms with Crippen LogP contribution >= 0.6 is 15.9 Å². The largest absolute Gasteiger partial charge is 0.457 e. The molecule has 0 bridgehead atoms. The number of nitrogens with zero attached hydrogens (tertiary/aromatic N) is 3. The van der Waals surface area contributed by atoms with Gasteiger partial charge in [0.25, 0.3) is 5.91 Å². The summed E-state index contributed by atoms with van der Waals surface area (Å²) in [4.78, 5) is 25.3. The Balaban J connectivity index is 1.43. The van der Waals surface area contributed by atoms with Crippen LogP contribution in [0.2, 0.25) is 0 Å². The molecule has 0 saturated heterocycles. The Labute approximate surface area is 199 Å². The van der Waals surface area contributed by atoms with Crippen molar-refractivity contribution in [1.82, 2.24) is 20.3 Å². The summed E-state index contributed by atoms with van der Waals surface area (Å²) in [6.07, 6.45) is 4.02. The first-order valence-electron chi connectivity index (χ1n) is 10.3. The summed E-state index contributed by atoms with van der Waals surface area (Å²) in [6.45, 7) is 1.10. The van der Waals surface area contributed by atoms with Crippen molar-refractivity contribution in [2.45, 2.75) is 6.42 Å². The van der Waals surface area contributed by atoms with Gasteiger partial charge in [0.1, 0.15) is 17.2 Å². The number of rotatable bonds is 9. The summed E-state index contributed by atoms with van der Waals surface area (Å²) in [6, 6.07) is 16.6. The Morgan fingerprint density at radius 2 is 1.85 bits per heavy atom. The monoisotopic (exact) mass is 507 g/mol. The Morgan fingerprint density at radius 3 is 2.67 bits per heavy atom. The molecule has 1 amide bonds. The zero-order valence-electron chi connectivity index (χ0n) is 17.9. The quantitative estimate of drug-likeness (QED) is 0.304. The minimum atomic E-state index is -0.255. The fraction of sp³-hybridized carbons (Fsp3) is 0.167. The molecule has 33 heavy (non-hydrogen) atoms. The fourth-order valence-electron chi connectivity index (χ4n) is 3.04. The molecule has 0 radical (unpaired) electrons. The van der Waals surface area contributed by atoms with E-state index in [-0.39, 0.29) is 11.6 Å². The van der Waals surface area contributed by atoms with Crippen molar-refractivity contribution in [3.63, 3.8) is 0 Å². The number of benzene rings is 2. The third-order valence-corrected chi connectivity index (χ3v) is 5.19. The highest BCUT2D eigenvalue weighted by molar-refractivity contribution is 9.10. The predicted molar refractivity (Wildman–Crippen MR) is 130 cm³/mol. The summed E-state index contributed by atoms with van der Waals surface area (Å²) < 4.78 is 11.9. The van der Waals surface area contributed by atoms with Gasteiger partial charge in [-0.25, -0.2) is 9.97 Å². The van der Waals surface area contributed by atoms with E-state index in [1.165, 1.54) is 0 Å². The lowest BCUT2D eigenvalue weighted by Crippen LogP contribution is -2.26. The second-order valence-electron chi connectivity index (χ2n) is 7.13. The number of hydrogen-bond acceptors (Lipinski definition) is 7. The fourth-order valence-corrected chi connectivity index (χ4v) is 3.31. The number of halogens is 1. The number of pyridine rings is 1. The highest BCUT2D eigenvalue weighted by Gasteiger charge is 2.09. The van der Waals surface area contributed by atoms with Crippen LogP contribution in [0.3, 0.4) is 0 Å². The van der Waals surface area contributed by atoms with Crippen LogP contribution in [0, 0.1) is 0 Å². The lowest BCUT2D eigenvalue weighted by Gasteiger charge is -2.09. The molecule has 4 aromatic rings. The first-order chi connectivity index (χ1) is 16.1. The molecular weight excluding hydrogens is 486 g/mol. The zero-order valence-corrected chi connectivity index (χ0v) is 19.5. The van der Waals surface area contributed by atoms with Crippen molar-refractivity contribution < 1.29 is 14.3 Å². The second-order valence-corrected chi connectivity index (χ2v) is 8.04. The van der Waals surface area contributed by atoms with Gasteiger partial charge >= 0.3 is 0 Å². The lowest BCUT2D eigenvalue weighted by molar-refractivity contribution is 0.0943. The summed E-state index contributed by atoms with van der Waals surface area (Å²) in [5.74, 6) is 1.38. The smallest absolute Gasteiger partial charge is 0.270 e. The Hall–Kier alpha value is -3.56. The first kappa shape index (κ1) is 22.6. The molecule has 8 nitrogen and oxygen atoms in total. The van der Waals surface area contributed by atoms with Crippen molar-refractivity contribution >= 4 is 44.4 Å². The van der Waals surface area contributed by atoms with Crippen LogP contribution in [0.5, 0.6) is 11.5 Å². The molecule has 2 N–H and O–H groups in total. The molecule has 0 atom stereocenters. The number of carbonyl (C=O) groups excluding carboxylic acids is 1. The number of methoxy groups -OCH3 is 1. The van der Waals surface area contributed by atoms with Crippen LogP contribution in [-0.2, 0) is 4.74 Å². The van der Waals surface area contributed by atoms with Gasteiger partial charge in [-0.3, -0.25) is 9.78 Å². The highest BCUT2D eigenvalue weighted by atomic mass is 79.9. The Bertz CT molecular complexity index is 1250. The van der Waals surface area contributed by atoms with E-state index in [1.54, 1.807) is 31.6 Å². The van der Waals surface area contributed by atoms with Crippen molar-refractivity contribution in [2.75, 3.05) is 25.6 Å². The average molecular weight is 508 g/mol. The molecule has 0 spiro atoms. The maximum atomic E-state index is 12.3. The van der Waals surface area contributed by atoms with Gasteiger partial charge in [0.15, 0.2) is 0 Å². The molecule has 2 heterocycles. The third kappa shape index (κ3) is 6.24. The van der Waals surface area contributed by atoms with Crippen LogP contribution in [0.15, 0.2) is 71.5 Å². The van der Waals surface area contributed by atoms with Gasteiger partial charge in [-0.2, -0.15) is 0 Å². The maximum Gasteiger partial charge on any atom is 0.270 e. The minimum absolute atomic E-state index is 0.255. The van der Waals surface area contributed by atoms with Crippen LogP contribution in [0.25, 0.3) is 10.9 Å². The number of aromatic nitrogens is 3. The van der Waals surface area contributed by atoms with E-state index in [0.29, 0.717) is 30.6 Å². The molecule has 0 unspecified atom stereocenters. The van der Waals surface area contributed by atoms with Crippen molar-refractivity contribution in [3.05, 3.63) is 77.2 Å². The van der Waals surface area contributed by atoms with E-state index in [0.717, 1.165) is 27.5 Å². The SMILES string of the molecule is COCCCNC(=O)c1cc(Oc2ccc3nc(Nc4ccc(Br)cc4)ncc3c2)ccn1. The normalized spacial score (nSPS) is 10.7. The molecule has 0 aliphatic heterocycles. The zero-order chi connectivity index (χ0) is 23.0. The van der Waals surface area contributed by atoms with Gasteiger partial charge < -0.3 is 20.1 Å². The number of ether oxygens (including phenoxy) is 2. The van der Waals surface area contributed by atoms with E-state index >= 15 is 0 Å². The molecule has 4 rings (SSSR count). The summed E-state index contributed by atoms with van der Waals surface area (Å²) in [5, 5.41) is 6.83. The molecule has 0 aliphatic rings. The van der Waals surface area contributed by atoms with Crippen LogP contribution in [0.1, 0.15) is 16.9 Å². The van der Waals surface area contributed by atoms with E-state index in [4.69, 9.17) is 9.47 Å². The van der Waals surface area contributed by atoms with Gasteiger partial charge in [-0.1, -0.05) is 15.9 Å². The average Bonchev–Trinajstić information content (AvgIpc) is 2.83. The summed E-state index contributed by atoms with van der Waals surface area (Å²) >= 11 is 3.42. The van der Waals surface area contributed by atoms with Crippen LogP contribution in [-0.4, -0.2) is 41.1 Å². The van der Waals surface area contributed by atoms with Gasteiger partial charge in [-0.05, 0) is 55.0 Å². The Kier molecular flexibility index (Phi) is 7.43. The number of hydrogen-bond donors (Lipinski definition) is 2. The predicted octanol–water partition coefficient (Wildman–Crippen LogP) is 5.09.